The molecule has 1 spiro atoms. The Hall–Kier alpha value is -0.630. The Morgan fingerprint density at radius 2 is 2.40 bits per heavy atom. The Balaban J connectivity index is 1.89. The minimum Gasteiger partial charge on any atom is -0.367 e. The lowest BCUT2D eigenvalue weighted by Gasteiger charge is -2.44. The average Bonchev–Trinajstić information content (AvgIpc) is 2.54. The molecule has 4 fully saturated rings. The van der Waals surface area contributed by atoms with Gasteiger partial charge in [0.1, 0.15) is 0 Å². The molecule has 0 aromatic carbocycles. The van der Waals surface area contributed by atoms with Crippen molar-refractivity contribution in [3.8, 4) is 0 Å². The van der Waals surface area contributed by atoms with Gasteiger partial charge in [-0.05, 0) is 55.6 Å². The molecule has 2 aliphatic heterocycles. The zero-order valence-electron chi connectivity index (χ0n) is 9.08. The summed E-state index contributed by atoms with van der Waals surface area (Å²) in [5, 5.41) is 0. The minimum atomic E-state index is 0.141. The number of ketones is 1. The first kappa shape index (κ1) is 8.51. The second-order valence-corrected chi connectivity index (χ2v) is 6.08. The minimum absolute atomic E-state index is 0.141. The van der Waals surface area contributed by atoms with Gasteiger partial charge in [-0.1, -0.05) is 0 Å². The number of hydrogen-bond donors (Lipinski definition) is 0. The summed E-state index contributed by atoms with van der Waals surface area (Å²) in [6, 6.07) is 0. The van der Waals surface area contributed by atoms with Crippen LogP contribution in [0.25, 0.3) is 0 Å². The third kappa shape index (κ3) is 0.840. The SMILES string of the molecule is C[C@@]12C[C@@]34CCC(=O)C=C3[C@H](C[C@@H]1C4)O2. The van der Waals surface area contributed by atoms with Crippen LogP contribution in [0.2, 0.25) is 0 Å². The molecule has 2 saturated heterocycles. The van der Waals surface area contributed by atoms with Crippen LogP contribution in [0, 0.1) is 11.3 Å². The maximum Gasteiger partial charge on any atom is 0.155 e. The Morgan fingerprint density at radius 3 is 3.20 bits per heavy atom. The highest BCUT2D eigenvalue weighted by molar-refractivity contribution is 5.92. The Labute approximate surface area is 89.7 Å². The average molecular weight is 204 g/mol. The summed E-state index contributed by atoms with van der Waals surface area (Å²) in [5.74, 6) is 1.08. The first-order valence-electron chi connectivity index (χ1n) is 6.04. The molecule has 2 nitrogen and oxygen atoms in total. The van der Waals surface area contributed by atoms with Crippen LogP contribution < -0.4 is 0 Å². The number of carbonyl (C=O) groups excluding carboxylic acids is 1. The lowest BCUT2D eigenvalue weighted by molar-refractivity contribution is -0.117. The van der Waals surface area contributed by atoms with Crippen LogP contribution in [0.3, 0.4) is 0 Å². The molecule has 3 aliphatic carbocycles. The van der Waals surface area contributed by atoms with E-state index >= 15 is 0 Å². The molecule has 0 radical (unpaired) electrons. The van der Waals surface area contributed by atoms with Gasteiger partial charge < -0.3 is 4.74 Å². The molecule has 80 valence electrons. The van der Waals surface area contributed by atoms with E-state index in [1.807, 2.05) is 6.08 Å². The van der Waals surface area contributed by atoms with Crippen LogP contribution >= 0.6 is 0 Å². The van der Waals surface area contributed by atoms with E-state index in [2.05, 4.69) is 6.92 Å². The van der Waals surface area contributed by atoms with Gasteiger partial charge >= 0.3 is 0 Å². The van der Waals surface area contributed by atoms with Gasteiger partial charge in [-0.2, -0.15) is 0 Å². The topological polar surface area (TPSA) is 26.3 Å². The van der Waals surface area contributed by atoms with E-state index in [9.17, 15) is 4.79 Å². The molecular weight excluding hydrogens is 188 g/mol. The van der Waals surface area contributed by atoms with Crippen molar-refractivity contribution in [1.29, 1.82) is 0 Å². The highest BCUT2D eigenvalue weighted by Crippen LogP contribution is 2.68. The second kappa shape index (κ2) is 2.22. The second-order valence-electron chi connectivity index (χ2n) is 6.08. The fourth-order valence-corrected chi connectivity index (χ4v) is 4.62. The summed E-state index contributed by atoms with van der Waals surface area (Å²) >= 11 is 0. The van der Waals surface area contributed by atoms with Crippen LogP contribution in [-0.4, -0.2) is 17.5 Å². The van der Waals surface area contributed by atoms with Crippen LogP contribution in [0.1, 0.15) is 39.0 Å². The normalized spacial score (nSPS) is 55.8. The molecule has 2 heterocycles. The summed E-state index contributed by atoms with van der Waals surface area (Å²) in [5.41, 5.74) is 1.86. The van der Waals surface area contributed by atoms with Crippen molar-refractivity contribution >= 4 is 5.78 Å². The third-order valence-electron chi connectivity index (χ3n) is 5.23. The Bertz CT molecular complexity index is 397. The smallest absolute Gasteiger partial charge is 0.155 e. The van der Waals surface area contributed by atoms with Gasteiger partial charge in [0, 0.05) is 6.42 Å². The number of carbonyl (C=O) groups is 1. The zero-order valence-corrected chi connectivity index (χ0v) is 9.08. The first-order chi connectivity index (χ1) is 7.11. The maximum atomic E-state index is 11.5. The van der Waals surface area contributed by atoms with E-state index < -0.39 is 0 Å². The zero-order chi connectivity index (χ0) is 10.3. The molecule has 5 rings (SSSR count). The molecule has 5 aliphatic rings. The van der Waals surface area contributed by atoms with Gasteiger partial charge in [-0.25, -0.2) is 0 Å². The third-order valence-corrected chi connectivity index (χ3v) is 5.23. The fraction of sp³-hybridized carbons (Fsp3) is 0.769. The lowest BCUT2D eigenvalue weighted by atomic mass is 9.65. The van der Waals surface area contributed by atoms with Gasteiger partial charge in [-0.3, -0.25) is 4.79 Å². The molecule has 2 saturated carbocycles. The molecule has 0 aromatic heterocycles. The van der Waals surface area contributed by atoms with Crippen LogP contribution in [-0.2, 0) is 9.53 Å². The van der Waals surface area contributed by atoms with Crippen molar-refractivity contribution in [2.24, 2.45) is 11.3 Å². The highest BCUT2D eigenvalue weighted by Gasteiger charge is 2.65. The van der Waals surface area contributed by atoms with Crippen molar-refractivity contribution < 1.29 is 9.53 Å². The van der Waals surface area contributed by atoms with E-state index in [0.717, 1.165) is 25.2 Å². The molecule has 0 amide bonds. The number of rotatable bonds is 0. The molecule has 4 atom stereocenters. The van der Waals surface area contributed by atoms with Crippen molar-refractivity contribution in [2.75, 3.05) is 0 Å². The van der Waals surface area contributed by atoms with Gasteiger partial charge in [0.05, 0.1) is 11.7 Å². The molecule has 0 aromatic rings. The Kier molecular flexibility index (Phi) is 1.26. The molecule has 15 heavy (non-hydrogen) atoms. The highest BCUT2D eigenvalue weighted by atomic mass is 16.5. The monoisotopic (exact) mass is 204 g/mol. The summed E-state index contributed by atoms with van der Waals surface area (Å²) in [7, 11) is 0. The van der Waals surface area contributed by atoms with E-state index in [4.69, 9.17) is 4.74 Å². The van der Waals surface area contributed by atoms with Crippen molar-refractivity contribution in [1.82, 2.24) is 0 Å². The standard InChI is InChI=1S/C13H16O2/c1-12-7-13-3-2-9(14)5-10(13)11(15-12)4-8(12)6-13/h5,8,11H,2-4,6-7H2,1H3/t8-,11+,12-,13+/m1/s1. The van der Waals surface area contributed by atoms with Crippen LogP contribution in [0.5, 0.6) is 0 Å². The first-order valence-corrected chi connectivity index (χ1v) is 6.04. The largest absolute Gasteiger partial charge is 0.367 e. The molecule has 0 N–H and O–H groups in total. The van der Waals surface area contributed by atoms with E-state index in [1.54, 1.807) is 0 Å². The van der Waals surface area contributed by atoms with Crippen LogP contribution in [0.15, 0.2) is 11.6 Å². The van der Waals surface area contributed by atoms with E-state index in [1.165, 1.54) is 18.4 Å². The van der Waals surface area contributed by atoms with Crippen molar-refractivity contribution in [3.63, 3.8) is 0 Å². The number of allylic oxidation sites excluding steroid dienone is 1. The summed E-state index contributed by atoms with van der Waals surface area (Å²) < 4.78 is 6.13. The summed E-state index contributed by atoms with van der Waals surface area (Å²) in [6.45, 7) is 2.28. The quantitative estimate of drug-likeness (QED) is 0.605. The van der Waals surface area contributed by atoms with Gasteiger partial charge in [-0.15, -0.1) is 0 Å². The Morgan fingerprint density at radius 1 is 1.53 bits per heavy atom. The van der Waals surface area contributed by atoms with Crippen LogP contribution in [0.4, 0.5) is 0 Å². The van der Waals surface area contributed by atoms with E-state index in [0.29, 0.717) is 11.2 Å². The molecule has 2 heteroatoms. The summed E-state index contributed by atoms with van der Waals surface area (Å²) in [4.78, 5) is 11.5. The molecule has 0 unspecified atom stereocenters. The van der Waals surface area contributed by atoms with Gasteiger partial charge in [0.15, 0.2) is 5.78 Å². The molecular formula is C13H16O2. The summed E-state index contributed by atoms with van der Waals surface area (Å²) in [6.07, 6.45) is 7.65. The fourth-order valence-electron chi connectivity index (χ4n) is 4.62. The maximum absolute atomic E-state index is 11.5. The number of ether oxygens (including phenoxy) is 1. The number of hydrogen-bond acceptors (Lipinski definition) is 2. The van der Waals surface area contributed by atoms with Gasteiger partial charge in [0.2, 0.25) is 0 Å². The van der Waals surface area contributed by atoms with Crippen molar-refractivity contribution in [2.45, 2.75) is 50.7 Å². The predicted molar refractivity (Wildman–Crippen MR) is 55.4 cm³/mol. The van der Waals surface area contributed by atoms with Crippen molar-refractivity contribution in [3.05, 3.63) is 11.6 Å². The lowest BCUT2D eigenvalue weighted by Crippen LogP contribution is -2.41. The molecule has 4 bridgehead atoms. The predicted octanol–water partition coefficient (Wildman–Crippen LogP) is 2.23. The van der Waals surface area contributed by atoms with Gasteiger partial charge in [0.25, 0.3) is 0 Å². The van der Waals surface area contributed by atoms with E-state index in [-0.39, 0.29) is 11.7 Å².